The molecule has 0 radical (unpaired) electrons. The topological polar surface area (TPSA) is 110 Å². The van der Waals surface area contributed by atoms with Gasteiger partial charge in [0.15, 0.2) is 11.4 Å². The minimum absolute atomic E-state index is 0.264. The first-order valence-corrected chi connectivity index (χ1v) is 9.79. The maximum absolute atomic E-state index is 12.6. The summed E-state index contributed by atoms with van der Waals surface area (Å²) >= 11 is 1.29. The van der Waals surface area contributed by atoms with Gasteiger partial charge in [0.05, 0.1) is 5.69 Å². The summed E-state index contributed by atoms with van der Waals surface area (Å²) in [6.45, 7) is 6.03. The fourth-order valence-corrected chi connectivity index (χ4v) is 3.80. The fourth-order valence-electron chi connectivity index (χ4n) is 2.80. The van der Waals surface area contributed by atoms with E-state index in [0.717, 1.165) is 34.2 Å². The van der Waals surface area contributed by atoms with Crippen LogP contribution in [0, 0.1) is 6.92 Å². The van der Waals surface area contributed by atoms with Gasteiger partial charge in [0.2, 0.25) is 5.13 Å². The van der Waals surface area contributed by atoms with Crippen LogP contribution in [0.1, 0.15) is 53.7 Å². The molecule has 0 saturated heterocycles. The Morgan fingerprint density at radius 1 is 1.25 bits per heavy atom. The molecule has 2 N–H and O–H groups in total. The average molecular weight is 399 g/mol. The van der Waals surface area contributed by atoms with Gasteiger partial charge in [0.25, 0.3) is 11.5 Å². The average Bonchev–Trinajstić information content (AvgIpc) is 3.11. The molecule has 0 aliphatic carbocycles. The molecule has 0 atom stereocenters. The van der Waals surface area contributed by atoms with Crippen molar-refractivity contribution in [2.45, 2.75) is 39.5 Å². The molecular weight excluding hydrogens is 378 g/mol. The van der Waals surface area contributed by atoms with Crippen molar-refractivity contribution >= 4 is 22.4 Å². The predicted octanol–water partition coefficient (Wildman–Crippen LogP) is 3.25. The van der Waals surface area contributed by atoms with E-state index in [2.05, 4.69) is 34.5 Å². The van der Waals surface area contributed by atoms with Crippen LogP contribution in [0.4, 0.5) is 5.13 Å². The van der Waals surface area contributed by atoms with Gasteiger partial charge < -0.3 is 5.11 Å². The predicted molar refractivity (Wildman–Crippen MR) is 107 cm³/mol. The van der Waals surface area contributed by atoms with Gasteiger partial charge in [-0.2, -0.15) is 9.78 Å². The molecule has 0 saturated carbocycles. The van der Waals surface area contributed by atoms with Crippen molar-refractivity contribution in [2.24, 2.45) is 0 Å². The molecule has 2 heterocycles. The van der Waals surface area contributed by atoms with E-state index >= 15 is 0 Å². The first kappa shape index (κ1) is 19.7. The Balaban J connectivity index is 1.90. The standard InChI is InChI=1S/C19H21N5O3S/c1-4-12(5-2)18-21-22-19(28-18)20-17(27)16-14(25)10-15(26)24(23-16)13-8-6-7-11(3)9-13/h6-10,12,25H,4-5H2,1-3H3,(H,20,22,27). The molecule has 3 rings (SSSR count). The Labute approximate surface area is 165 Å². The molecule has 0 unspecified atom stereocenters. The van der Waals surface area contributed by atoms with E-state index in [1.54, 1.807) is 18.2 Å². The minimum atomic E-state index is -0.661. The van der Waals surface area contributed by atoms with Gasteiger partial charge in [-0.3, -0.25) is 14.9 Å². The third kappa shape index (κ3) is 4.09. The van der Waals surface area contributed by atoms with Crippen LogP contribution in [0.2, 0.25) is 0 Å². The molecule has 1 amide bonds. The van der Waals surface area contributed by atoms with Gasteiger partial charge in [-0.1, -0.05) is 37.3 Å². The van der Waals surface area contributed by atoms with Gasteiger partial charge in [-0.15, -0.1) is 10.2 Å². The van der Waals surface area contributed by atoms with Crippen molar-refractivity contribution in [3.63, 3.8) is 0 Å². The van der Waals surface area contributed by atoms with Gasteiger partial charge in [0.1, 0.15) is 5.01 Å². The zero-order valence-corrected chi connectivity index (χ0v) is 16.7. The largest absolute Gasteiger partial charge is 0.505 e. The summed E-state index contributed by atoms with van der Waals surface area (Å²) in [7, 11) is 0. The third-order valence-electron chi connectivity index (χ3n) is 4.37. The van der Waals surface area contributed by atoms with E-state index in [9.17, 15) is 14.7 Å². The summed E-state index contributed by atoms with van der Waals surface area (Å²) in [5.74, 6) is -0.861. The number of anilines is 1. The number of hydrogen-bond acceptors (Lipinski definition) is 7. The smallest absolute Gasteiger partial charge is 0.281 e. The Morgan fingerprint density at radius 3 is 2.68 bits per heavy atom. The SMILES string of the molecule is CCC(CC)c1nnc(NC(=O)c2nn(-c3cccc(C)c3)c(=O)cc2O)s1. The molecule has 2 aromatic heterocycles. The number of benzene rings is 1. The molecule has 0 aliphatic heterocycles. The lowest BCUT2D eigenvalue weighted by Crippen LogP contribution is -2.25. The highest BCUT2D eigenvalue weighted by Gasteiger charge is 2.20. The molecular formula is C19H21N5O3S. The van der Waals surface area contributed by atoms with Crippen LogP contribution in [0.5, 0.6) is 5.75 Å². The van der Waals surface area contributed by atoms with Crippen LogP contribution < -0.4 is 10.9 Å². The van der Waals surface area contributed by atoms with E-state index in [0.29, 0.717) is 10.8 Å². The summed E-state index contributed by atoms with van der Waals surface area (Å²) in [5, 5.41) is 26.0. The maximum atomic E-state index is 12.6. The van der Waals surface area contributed by atoms with Crippen molar-refractivity contribution in [1.29, 1.82) is 0 Å². The molecule has 146 valence electrons. The van der Waals surface area contributed by atoms with Crippen LogP contribution in [-0.2, 0) is 0 Å². The lowest BCUT2D eigenvalue weighted by Gasteiger charge is -2.09. The van der Waals surface area contributed by atoms with Gasteiger partial charge in [-0.05, 0) is 37.5 Å². The molecule has 9 heteroatoms. The van der Waals surface area contributed by atoms with Gasteiger partial charge in [-0.25, -0.2) is 0 Å². The number of hydrogen-bond donors (Lipinski definition) is 2. The number of carbonyl (C=O) groups excluding carboxylic acids is 1. The molecule has 0 fully saturated rings. The van der Waals surface area contributed by atoms with Gasteiger partial charge in [0, 0.05) is 12.0 Å². The lowest BCUT2D eigenvalue weighted by atomic mass is 10.1. The van der Waals surface area contributed by atoms with Crippen molar-refractivity contribution in [3.8, 4) is 11.4 Å². The third-order valence-corrected chi connectivity index (χ3v) is 5.37. The summed E-state index contributed by atoms with van der Waals surface area (Å²) in [6, 6.07) is 8.11. The summed E-state index contributed by atoms with van der Waals surface area (Å²) in [4.78, 5) is 24.8. The second-order valence-electron chi connectivity index (χ2n) is 6.38. The molecule has 0 bridgehead atoms. The van der Waals surface area contributed by atoms with E-state index in [-0.39, 0.29) is 11.6 Å². The number of aromatic nitrogens is 4. The maximum Gasteiger partial charge on any atom is 0.281 e. The Kier molecular flexibility index (Phi) is 5.84. The van der Waals surface area contributed by atoms with Crippen LogP contribution in [0.3, 0.4) is 0 Å². The monoisotopic (exact) mass is 399 g/mol. The van der Waals surface area contributed by atoms with Gasteiger partial charge >= 0.3 is 0 Å². The normalized spacial score (nSPS) is 11.0. The Bertz CT molecular complexity index is 1060. The zero-order chi connectivity index (χ0) is 20.3. The summed E-state index contributed by atoms with van der Waals surface area (Å²) < 4.78 is 1.08. The molecule has 0 spiro atoms. The quantitative estimate of drug-likeness (QED) is 0.658. The highest BCUT2D eigenvalue weighted by atomic mass is 32.1. The first-order chi connectivity index (χ1) is 13.4. The van der Waals surface area contributed by atoms with Crippen LogP contribution >= 0.6 is 11.3 Å². The zero-order valence-electron chi connectivity index (χ0n) is 15.8. The number of amides is 1. The van der Waals surface area contributed by atoms with Crippen molar-refractivity contribution in [1.82, 2.24) is 20.0 Å². The number of nitrogens with zero attached hydrogens (tertiary/aromatic N) is 4. The van der Waals surface area contributed by atoms with E-state index in [1.165, 1.54) is 11.3 Å². The number of aryl methyl sites for hydroxylation is 1. The molecule has 1 aromatic carbocycles. The second-order valence-corrected chi connectivity index (χ2v) is 7.39. The van der Waals surface area contributed by atoms with E-state index in [4.69, 9.17) is 0 Å². The number of rotatable bonds is 6. The van der Waals surface area contributed by atoms with Crippen LogP contribution in [-0.4, -0.2) is 31.0 Å². The van der Waals surface area contributed by atoms with Crippen molar-refractivity contribution < 1.29 is 9.90 Å². The molecule has 8 nitrogen and oxygen atoms in total. The highest BCUT2D eigenvalue weighted by molar-refractivity contribution is 7.15. The highest BCUT2D eigenvalue weighted by Crippen LogP contribution is 2.28. The summed E-state index contributed by atoms with van der Waals surface area (Å²) in [6.07, 6.45) is 1.87. The van der Waals surface area contributed by atoms with Crippen LogP contribution in [0.15, 0.2) is 35.1 Å². The summed E-state index contributed by atoms with van der Waals surface area (Å²) in [5.41, 5.74) is 0.644. The van der Waals surface area contributed by atoms with E-state index < -0.39 is 17.2 Å². The van der Waals surface area contributed by atoms with Crippen molar-refractivity contribution in [2.75, 3.05) is 5.32 Å². The second kappa shape index (κ2) is 8.30. The lowest BCUT2D eigenvalue weighted by molar-refractivity contribution is 0.101. The Hall–Kier alpha value is -3.07. The number of nitrogens with one attached hydrogen (secondary N) is 1. The fraction of sp³-hybridized carbons (Fsp3) is 0.316. The molecule has 0 aliphatic rings. The Morgan fingerprint density at radius 2 is 2.00 bits per heavy atom. The first-order valence-electron chi connectivity index (χ1n) is 8.98. The van der Waals surface area contributed by atoms with E-state index in [1.807, 2.05) is 13.0 Å². The molecule has 3 aromatic rings. The number of aromatic hydroxyl groups is 1. The number of carbonyl (C=O) groups is 1. The minimum Gasteiger partial charge on any atom is -0.505 e. The molecule has 28 heavy (non-hydrogen) atoms. The van der Waals surface area contributed by atoms with Crippen molar-refractivity contribution in [3.05, 3.63) is 57.0 Å². The van der Waals surface area contributed by atoms with Crippen LogP contribution in [0.25, 0.3) is 5.69 Å².